The van der Waals surface area contributed by atoms with Crippen molar-refractivity contribution >= 4 is 75.3 Å². The fourth-order valence-electron chi connectivity index (χ4n) is 6.22. The van der Waals surface area contributed by atoms with Crippen molar-refractivity contribution in [2.24, 2.45) is 17.6 Å². The van der Waals surface area contributed by atoms with E-state index in [9.17, 15) is 39.6 Å². The number of amides is 2. The van der Waals surface area contributed by atoms with Crippen LogP contribution < -0.4 is 16.4 Å². The van der Waals surface area contributed by atoms with Crippen LogP contribution in [0.5, 0.6) is 5.75 Å². The number of carbonyl (C=O) groups excluding carboxylic acids is 4. The first-order valence-electron chi connectivity index (χ1n) is 13.0. The second-order valence-corrected chi connectivity index (χ2v) is 13.8. The summed E-state index contributed by atoms with van der Waals surface area (Å²) in [6, 6.07) is 0.112. The average molecular weight is 646 g/mol. The third-order valence-electron chi connectivity index (χ3n) is 7.80. The van der Waals surface area contributed by atoms with E-state index < -0.39 is 79.9 Å². The maximum Gasteiger partial charge on any atom is 0.255 e. The second kappa shape index (κ2) is 10.9. The van der Waals surface area contributed by atoms with Gasteiger partial charge in [0.15, 0.2) is 15.2 Å². The van der Waals surface area contributed by atoms with Crippen molar-refractivity contribution in [3.63, 3.8) is 0 Å². The number of hydrogen-bond acceptors (Lipinski definition) is 10. The van der Waals surface area contributed by atoms with Gasteiger partial charge in [-0.15, -0.1) is 0 Å². The maximum absolute atomic E-state index is 14.0. The number of Topliss-reactive ketones (excluding diaryl/α,β-unsaturated/α-hetero) is 2. The molecule has 3 aliphatic carbocycles. The Morgan fingerprint density at radius 2 is 1.79 bits per heavy atom. The predicted octanol–water partition coefficient (Wildman–Crippen LogP) is 2.48. The summed E-state index contributed by atoms with van der Waals surface area (Å²) in [6.07, 6.45) is -0.544. The number of nitrogens with two attached hydrogens (primary N) is 1. The quantitative estimate of drug-likeness (QED) is 0.104. The zero-order valence-electron chi connectivity index (χ0n) is 23.1. The lowest BCUT2D eigenvalue weighted by atomic mass is 9.57. The summed E-state index contributed by atoms with van der Waals surface area (Å²) >= 11 is 17.2. The number of rotatable bonds is 6. The van der Waals surface area contributed by atoms with Gasteiger partial charge in [-0.25, -0.2) is 0 Å². The molecule has 2 unspecified atom stereocenters. The van der Waals surface area contributed by atoms with E-state index in [0.717, 1.165) is 0 Å². The lowest BCUT2D eigenvalue weighted by molar-refractivity contribution is -0.153. The molecular formula is C27H31Cl3N4O8. The van der Waals surface area contributed by atoms with E-state index in [1.807, 2.05) is 13.8 Å². The molecule has 0 spiro atoms. The van der Waals surface area contributed by atoms with Crippen molar-refractivity contribution in [3.05, 3.63) is 34.1 Å². The first-order chi connectivity index (χ1) is 19.3. The average Bonchev–Trinajstić information content (AvgIpc) is 2.82. The molecule has 0 radical (unpaired) electrons. The molecule has 0 bridgehead atoms. The molecule has 42 heavy (non-hydrogen) atoms. The predicted molar refractivity (Wildman–Crippen MR) is 157 cm³/mol. The van der Waals surface area contributed by atoms with Gasteiger partial charge in [0.05, 0.1) is 23.7 Å². The van der Waals surface area contributed by atoms with E-state index in [4.69, 9.17) is 40.5 Å². The van der Waals surface area contributed by atoms with Crippen LogP contribution >= 0.6 is 34.8 Å². The van der Waals surface area contributed by atoms with Crippen molar-refractivity contribution in [2.75, 3.05) is 24.7 Å². The van der Waals surface area contributed by atoms with Gasteiger partial charge < -0.3 is 36.8 Å². The number of anilines is 2. The number of likely N-dealkylation sites (N-methyl/N-ethyl adjacent to an activating group) is 1. The minimum absolute atomic E-state index is 0.0601. The Morgan fingerprint density at radius 3 is 2.31 bits per heavy atom. The van der Waals surface area contributed by atoms with Gasteiger partial charge in [-0.05, 0) is 58.3 Å². The van der Waals surface area contributed by atoms with Crippen LogP contribution in [0.4, 0.5) is 11.4 Å². The topological polar surface area (TPSA) is 203 Å². The number of halogens is 3. The molecule has 1 saturated carbocycles. The second-order valence-electron chi connectivity index (χ2n) is 11.3. The highest BCUT2D eigenvalue weighted by molar-refractivity contribution is 6.68. The minimum Gasteiger partial charge on any atom is -0.508 e. The van der Waals surface area contributed by atoms with E-state index in [2.05, 4.69) is 10.6 Å². The van der Waals surface area contributed by atoms with Crippen molar-refractivity contribution in [2.45, 2.75) is 54.6 Å². The number of aromatic hydroxyl groups is 1. The van der Waals surface area contributed by atoms with Gasteiger partial charge >= 0.3 is 0 Å². The lowest BCUT2D eigenvalue weighted by Crippen LogP contribution is -2.65. The highest BCUT2D eigenvalue weighted by Crippen LogP contribution is 2.54. The number of phenols is 1. The summed E-state index contributed by atoms with van der Waals surface area (Å²) in [5.41, 5.74) is 1.84. The van der Waals surface area contributed by atoms with Crippen molar-refractivity contribution in [1.82, 2.24) is 4.90 Å². The van der Waals surface area contributed by atoms with Crippen LogP contribution in [-0.4, -0.2) is 84.3 Å². The maximum atomic E-state index is 14.0. The minimum atomic E-state index is -2.77. The van der Waals surface area contributed by atoms with E-state index >= 15 is 0 Å². The number of carbonyl (C=O) groups is 4. The van der Waals surface area contributed by atoms with Crippen LogP contribution in [0.2, 0.25) is 0 Å². The Labute approximate surface area is 256 Å². The zero-order valence-corrected chi connectivity index (χ0v) is 25.4. The van der Waals surface area contributed by atoms with Crippen LogP contribution in [-0.2, 0) is 25.6 Å². The van der Waals surface area contributed by atoms with Gasteiger partial charge in [0, 0.05) is 23.2 Å². The van der Waals surface area contributed by atoms with Crippen molar-refractivity contribution in [1.29, 1.82) is 0 Å². The molecule has 3 aliphatic rings. The summed E-state index contributed by atoms with van der Waals surface area (Å²) in [5, 5.41) is 51.1. The number of alkyl halides is 3. The number of aliphatic hydroxyl groups is 3. The summed E-state index contributed by atoms with van der Waals surface area (Å²) in [7, 11) is 3.05. The van der Waals surface area contributed by atoms with Crippen LogP contribution in [0, 0.1) is 11.8 Å². The summed E-state index contributed by atoms with van der Waals surface area (Å²) < 4.78 is -1.92. The zero-order chi connectivity index (χ0) is 31.6. The first-order valence-corrected chi connectivity index (χ1v) is 14.1. The molecule has 15 heteroatoms. The van der Waals surface area contributed by atoms with E-state index in [1.54, 1.807) is 0 Å². The van der Waals surface area contributed by atoms with Gasteiger partial charge in [-0.3, -0.25) is 24.1 Å². The number of fused-ring (bicyclic) bond motifs is 3. The van der Waals surface area contributed by atoms with Crippen molar-refractivity contribution in [3.8, 4) is 5.75 Å². The fourth-order valence-corrected chi connectivity index (χ4v) is 6.59. The highest BCUT2D eigenvalue weighted by atomic mass is 35.6. The van der Waals surface area contributed by atoms with Gasteiger partial charge in [0.1, 0.15) is 22.8 Å². The number of primary amides is 1. The molecule has 1 fully saturated rings. The smallest absolute Gasteiger partial charge is 0.255 e. The third kappa shape index (κ3) is 5.19. The summed E-state index contributed by atoms with van der Waals surface area (Å²) in [4.78, 5) is 53.3. The molecule has 4 atom stereocenters. The third-order valence-corrected chi connectivity index (χ3v) is 8.20. The monoisotopic (exact) mass is 644 g/mol. The number of nitrogens with one attached hydrogen (secondary N) is 2. The van der Waals surface area contributed by atoms with Crippen LogP contribution in [0.3, 0.4) is 0 Å². The van der Waals surface area contributed by atoms with Crippen molar-refractivity contribution < 1.29 is 39.6 Å². The van der Waals surface area contributed by atoms with E-state index in [0.29, 0.717) is 11.3 Å². The number of ketones is 2. The van der Waals surface area contributed by atoms with Gasteiger partial charge in [0.25, 0.3) is 5.91 Å². The Morgan fingerprint density at radius 1 is 1.17 bits per heavy atom. The lowest BCUT2D eigenvalue weighted by Gasteiger charge is -2.50. The fraction of sp³-hybridized carbons (Fsp3) is 0.481. The molecule has 12 nitrogen and oxygen atoms in total. The van der Waals surface area contributed by atoms with E-state index in [-0.39, 0.29) is 35.7 Å². The molecule has 1 aromatic rings. The molecule has 4 rings (SSSR count). The Bertz CT molecular complexity index is 1470. The van der Waals surface area contributed by atoms with Gasteiger partial charge in [-0.1, -0.05) is 34.8 Å². The standard InChI is InChI=1S/C27H31Cl3N4O8/c1-9(2)32-13-7-14(33-15(35)8-26(28,29)30)20(36)17-11(13)5-10-6-12-19(34(3)4)22(38)18(25(31)41)24(40)27(12,42)23(39)16(10)21(17)37/h7,9-10,12,19,32,36-37,40,42H,5-6,8H2,1-4H3,(H2,31,41)(H,33,35)/t10?,12?,19-,27-/m0/s1. The van der Waals surface area contributed by atoms with E-state index in [1.165, 1.54) is 25.1 Å². The number of hydrogen-bond donors (Lipinski definition) is 7. The Balaban J connectivity index is 1.93. The van der Waals surface area contributed by atoms with Crippen LogP contribution in [0.1, 0.15) is 37.8 Å². The molecule has 0 heterocycles. The van der Waals surface area contributed by atoms with Crippen LogP contribution in [0.25, 0.3) is 5.76 Å². The molecule has 0 aromatic heterocycles. The number of phenolic OH excluding ortho intramolecular Hbond substituents is 1. The first kappa shape index (κ1) is 31.9. The normalized spacial score (nSPS) is 25.8. The molecular weight excluding hydrogens is 615 g/mol. The summed E-state index contributed by atoms with van der Waals surface area (Å²) in [5.74, 6) is -8.51. The van der Waals surface area contributed by atoms with Crippen LogP contribution in [0.15, 0.2) is 23.0 Å². The largest absolute Gasteiger partial charge is 0.508 e. The molecule has 0 aliphatic heterocycles. The summed E-state index contributed by atoms with van der Waals surface area (Å²) in [6.45, 7) is 3.69. The number of nitrogens with zero attached hydrogens (tertiary/aromatic N) is 1. The molecule has 2 amide bonds. The molecule has 228 valence electrons. The van der Waals surface area contributed by atoms with Gasteiger partial charge in [-0.2, -0.15) is 0 Å². The number of aliphatic hydroxyl groups excluding tert-OH is 2. The highest BCUT2D eigenvalue weighted by Gasteiger charge is 2.64. The number of benzene rings is 1. The Kier molecular flexibility index (Phi) is 8.29. The Hall–Kier alpha value is -3.03. The molecule has 8 N–H and O–H groups in total. The molecule has 0 saturated heterocycles. The SMILES string of the molecule is CC(C)Nc1cc(NC(=O)CC(Cl)(Cl)Cl)c(O)c2c1CC1CC3[C@H](N(C)C)C(=O)C(C(N)=O)=C(O)[C@@]3(O)C(=O)C1=C2O. The molecule has 1 aromatic carbocycles. The van der Waals surface area contributed by atoms with Gasteiger partial charge in [0.2, 0.25) is 11.7 Å².